The molecule has 3 heteroatoms. The minimum Gasteiger partial charge on any atom is -0.382 e. The van der Waals surface area contributed by atoms with Gasteiger partial charge < -0.3 is 5.32 Å². The molecule has 0 radical (unpaired) electrons. The first-order valence-electron chi connectivity index (χ1n) is 7.35. The first kappa shape index (κ1) is 13.7. The quantitative estimate of drug-likeness (QED) is 0.814. The SMILES string of the molecule is CC1(C)CCCC(Nc2ccc(Cl)c3ncccc23)C1. The second-order valence-electron chi connectivity index (χ2n) is 6.60. The van der Waals surface area contributed by atoms with E-state index in [2.05, 4.69) is 36.3 Å². The first-order chi connectivity index (χ1) is 9.55. The van der Waals surface area contributed by atoms with E-state index in [1.807, 2.05) is 12.1 Å². The summed E-state index contributed by atoms with van der Waals surface area (Å²) in [7, 11) is 0. The summed E-state index contributed by atoms with van der Waals surface area (Å²) in [6, 6.07) is 8.61. The van der Waals surface area contributed by atoms with E-state index in [1.54, 1.807) is 6.20 Å². The van der Waals surface area contributed by atoms with Crippen LogP contribution in [0.15, 0.2) is 30.5 Å². The first-order valence-corrected chi connectivity index (χ1v) is 7.73. The smallest absolute Gasteiger partial charge is 0.0908 e. The number of aromatic nitrogens is 1. The van der Waals surface area contributed by atoms with Gasteiger partial charge in [0.2, 0.25) is 0 Å². The number of benzene rings is 1. The van der Waals surface area contributed by atoms with Gasteiger partial charge >= 0.3 is 0 Å². The molecule has 1 aliphatic rings. The molecular weight excluding hydrogens is 268 g/mol. The van der Waals surface area contributed by atoms with Crippen LogP contribution in [-0.4, -0.2) is 11.0 Å². The Labute approximate surface area is 125 Å². The van der Waals surface area contributed by atoms with E-state index >= 15 is 0 Å². The predicted molar refractivity (Wildman–Crippen MR) is 86.4 cm³/mol. The number of hydrogen-bond acceptors (Lipinski definition) is 2. The molecule has 1 unspecified atom stereocenters. The second-order valence-corrected chi connectivity index (χ2v) is 7.00. The predicted octanol–water partition coefficient (Wildman–Crippen LogP) is 5.27. The molecule has 2 aromatic rings. The van der Waals surface area contributed by atoms with Crippen molar-refractivity contribution in [3.8, 4) is 0 Å². The van der Waals surface area contributed by atoms with Crippen LogP contribution in [0.25, 0.3) is 10.9 Å². The molecule has 0 aliphatic heterocycles. The Hall–Kier alpha value is -1.28. The lowest BCUT2D eigenvalue weighted by atomic mass is 9.75. The van der Waals surface area contributed by atoms with Crippen molar-refractivity contribution in [1.29, 1.82) is 0 Å². The van der Waals surface area contributed by atoms with Gasteiger partial charge in [-0.3, -0.25) is 4.98 Å². The van der Waals surface area contributed by atoms with Gasteiger partial charge in [-0.05, 0) is 48.9 Å². The van der Waals surface area contributed by atoms with Crippen molar-refractivity contribution in [2.45, 2.75) is 45.6 Å². The summed E-state index contributed by atoms with van der Waals surface area (Å²) in [6.45, 7) is 4.73. The lowest BCUT2D eigenvalue weighted by Gasteiger charge is -2.36. The third kappa shape index (κ3) is 2.76. The number of anilines is 1. The minimum absolute atomic E-state index is 0.441. The standard InChI is InChI=1S/C17H21ClN2/c1-17(2)9-3-5-12(11-17)20-15-8-7-14(18)16-13(15)6-4-10-19-16/h4,6-8,10,12,20H,3,5,9,11H2,1-2H3. The highest BCUT2D eigenvalue weighted by Crippen LogP contribution is 2.37. The number of nitrogens with one attached hydrogen (secondary N) is 1. The van der Waals surface area contributed by atoms with Gasteiger partial charge in [0, 0.05) is 23.3 Å². The van der Waals surface area contributed by atoms with Gasteiger partial charge in [-0.25, -0.2) is 0 Å². The Balaban J connectivity index is 1.90. The van der Waals surface area contributed by atoms with Crippen LogP contribution < -0.4 is 5.32 Å². The Morgan fingerprint density at radius 3 is 2.95 bits per heavy atom. The molecule has 20 heavy (non-hydrogen) atoms. The van der Waals surface area contributed by atoms with Crippen molar-refractivity contribution < 1.29 is 0 Å². The summed E-state index contributed by atoms with van der Waals surface area (Å²) < 4.78 is 0. The van der Waals surface area contributed by atoms with Crippen LogP contribution in [0.2, 0.25) is 5.02 Å². The van der Waals surface area contributed by atoms with E-state index < -0.39 is 0 Å². The van der Waals surface area contributed by atoms with E-state index in [9.17, 15) is 0 Å². The molecular formula is C17H21ClN2. The lowest BCUT2D eigenvalue weighted by molar-refractivity contribution is 0.229. The molecule has 0 bridgehead atoms. The van der Waals surface area contributed by atoms with Gasteiger partial charge in [0.1, 0.15) is 0 Å². The van der Waals surface area contributed by atoms with E-state index in [0.29, 0.717) is 11.5 Å². The summed E-state index contributed by atoms with van der Waals surface area (Å²) >= 11 is 6.23. The maximum atomic E-state index is 6.23. The van der Waals surface area contributed by atoms with Gasteiger partial charge in [-0.2, -0.15) is 0 Å². The molecule has 1 fully saturated rings. The number of fused-ring (bicyclic) bond motifs is 1. The molecule has 1 aromatic carbocycles. The molecule has 2 nitrogen and oxygen atoms in total. The molecule has 0 amide bonds. The highest BCUT2D eigenvalue weighted by atomic mass is 35.5. The lowest BCUT2D eigenvalue weighted by Crippen LogP contribution is -2.31. The molecule has 0 saturated heterocycles. The zero-order chi connectivity index (χ0) is 14.2. The Morgan fingerprint density at radius 2 is 2.15 bits per heavy atom. The van der Waals surface area contributed by atoms with Crippen LogP contribution in [0, 0.1) is 5.41 Å². The van der Waals surface area contributed by atoms with Gasteiger partial charge in [-0.1, -0.05) is 31.9 Å². The molecule has 1 saturated carbocycles. The number of hydrogen-bond donors (Lipinski definition) is 1. The van der Waals surface area contributed by atoms with Crippen molar-refractivity contribution in [3.05, 3.63) is 35.5 Å². The van der Waals surface area contributed by atoms with Crippen LogP contribution >= 0.6 is 11.6 Å². The maximum Gasteiger partial charge on any atom is 0.0908 e. The molecule has 1 heterocycles. The zero-order valence-corrected chi connectivity index (χ0v) is 12.9. The number of rotatable bonds is 2. The van der Waals surface area contributed by atoms with Gasteiger partial charge in [0.25, 0.3) is 0 Å². The minimum atomic E-state index is 0.441. The third-order valence-electron chi connectivity index (χ3n) is 4.29. The average molecular weight is 289 g/mol. The number of pyridine rings is 1. The van der Waals surface area contributed by atoms with E-state index in [-0.39, 0.29) is 0 Å². The van der Waals surface area contributed by atoms with Crippen LogP contribution in [0.3, 0.4) is 0 Å². The second kappa shape index (κ2) is 5.25. The molecule has 1 N–H and O–H groups in total. The summed E-state index contributed by atoms with van der Waals surface area (Å²) in [5.41, 5.74) is 2.48. The van der Waals surface area contributed by atoms with Crippen LogP contribution in [-0.2, 0) is 0 Å². The topological polar surface area (TPSA) is 24.9 Å². The highest BCUT2D eigenvalue weighted by Gasteiger charge is 2.28. The summed E-state index contributed by atoms with van der Waals surface area (Å²) in [5.74, 6) is 0. The summed E-state index contributed by atoms with van der Waals surface area (Å²) in [4.78, 5) is 4.39. The van der Waals surface area contributed by atoms with Crippen molar-refractivity contribution in [3.63, 3.8) is 0 Å². The van der Waals surface area contributed by atoms with Crippen LogP contribution in [0.1, 0.15) is 39.5 Å². The normalized spacial score (nSPS) is 21.9. The number of halogens is 1. The van der Waals surface area contributed by atoms with Gasteiger partial charge in [0.05, 0.1) is 10.5 Å². The summed E-state index contributed by atoms with van der Waals surface area (Å²) in [6.07, 6.45) is 6.88. The van der Waals surface area contributed by atoms with Crippen molar-refractivity contribution in [2.75, 3.05) is 5.32 Å². The van der Waals surface area contributed by atoms with E-state index in [4.69, 9.17) is 11.6 Å². The highest BCUT2D eigenvalue weighted by molar-refractivity contribution is 6.35. The fourth-order valence-electron chi connectivity index (χ4n) is 3.31. The number of nitrogens with zero attached hydrogens (tertiary/aromatic N) is 1. The molecule has 1 aliphatic carbocycles. The molecule has 0 spiro atoms. The van der Waals surface area contributed by atoms with Crippen molar-refractivity contribution in [1.82, 2.24) is 4.98 Å². The van der Waals surface area contributed by atoms with E-state index in [1.165, 1.54) is 25.7 Å². The van der Waals surface area contributed by atoms with Crippen molar-refractivity contribution >= 4 is 28.2 Å². The Kier molecular flexibility index (Phi) is 3.59. The zero-order valence-electron chi connectivity index (χ0n) is 12.1. The van der Waals surface area contributed by atoms with Gasteiger partial charge in [-0.15, -0.1) is 0 Å². The summed E-state index contributed by atoms with van der Waals surface area (Å²) in [5, 5.41) is 5.54. The molecule has 1 atom stereocenters. The average Bonchev–Trinajstić information content (AvgIpc) is 2.41. The third-order valence-corrected chi connectivity index (χ3v) is 4.59. The van der Waals surface area contributed by atoms with Crippen LogP contribution in [0.4, 0.5) is 5.69 Å². The van der Waals surface area contributed by atoms with Crippen LogP contribution in [0.5, 0.6) is 0 Å². The fourth-order valence-corrected chi connectivity index (χ4v) is 3.52. The van der Waals surface area contributed by atoms with E-state index in [0.717, 1.165) is 21.6 Å². The monoisotopic (exact) mass is 288 g/mol. The molecule has 1 aromatic heterocycles. The maximum absolute atomic E-state index is 6.23. The largest absolute Gasteiger partial charge is 0.382 e. The fraction of sp³-hybridized carbons (Fsp3) is 0.471. The molecule has 3 rings (SSSR count). The molecule has 106 valence electrons. The Morgan fingerprint density at radius 1 is 1.30 bits per heavy atom. The van der Waals surface area contributed by atoms with Gasteiger partial charge in [0.15, 0.2) is 0 Å². The Bertz CT molecular complexity index is 621. The van der Waals surface area contributed by atoms with Crippen molar-refractivity contribution in [2.24, 2.45) is 5.41 Å².